The second-order valence-electron chi connectivity index (χ2n) is 4.81. The maximum Gasteiger partial charge on any atom is 0.271 e. The minimum atomic E-state index is -0.135. The molecule has 1 amide bonds. The first-order valence-corrected chi connectivity index (χ1v) is 6.57. The summed E-state index contributed by atoms with van der Waals surface area (Å²) in [5, 5.41) is 6.08. The maximum atomic E-state index is 11.9. The predicted molar refractivity (Wildman–Crippen MR) is 70.5 cm³/mol. The molecule has 0 aliphatic heterocycles. The van der Waals surface area contributed by atoms with Crippen LogP contribution in [0.1, 0.15) is 43.6 Å². The summed E-state index contributed by atoms with van der Waals surface area (Å²) in [5.41, 5.74) is 0.379. The lowest BCUT2D eigenvalue weighted by Crippen LogP contribution is -2.34. The molecular formula is C13H20N4O. The summed E-state index contributed by atoms with van der Waals surface area (Å²) >= 11 is 0. The van der Waals surface area contributed by atoms with E-state index in [1.54, 1.807) is 6.20 Å². The molecule has 2 N–H and O–H groups in total. The zero-order valence-corrected chi connectivity index (χ0v) is 10.9. The van der Waals surface area contributed by atoms with Gasteiger partial charge in [0.25, 0.3) is 5.91 Å². The van der Waals surface area contributed by atoms with Gasteiger partial charge < -0.3 is 10.6 Å². The molecule has 1 aliphatic rings. The molecule has 98 valence electrons. The normalized spacial score (nSPS) is 16.1. The summed E-state index contributed by atoms with van der Waals surface area (Å²) in [6, 6.07) is 0.234. The van der Waals surface area contributed by atoms with Gasteiger partial charge in [0, 0.05) is 12.6 Å². The Hall–Kier alpha value is -1.65. The molecule has 1 aliphatic carbocycles. The summed E-state index contributed by atoms with van der Waals surface area (Å²) in [5.74, 6) is 1.22. The highest BCUT2D eigenvalue weighted by Gasteiger charge is 2.29. The molecular weight excluding hydrogens is 228 g/mol. The second kappa shape index (κ2) is 5.80. The lowest BCUT2D eigenvalue weighted by atomic mass is 10.2. The van der Waals surface area contributed by atoms with Crippen molar-refractivity contribution in [3.63, 3.8) is 0 Å². The number of nitrogens with one attached hydrogen (secondary N) is 2. The summed E-state index contributed by atoms with van der Waals surface area (Å²) in [6.45, 7) is 4.99. The molecule has 5 nitrogen and oxygen atoms in total. The largest absolute Gasteiger partial charge is 0.369 e. The zero-order chi connectivity index (χ0) is 13.0. The monoisotopic (exact) mass is 248 g/mol. The van der Waals surface area contributed by atoms with Crippen LogP contribution >= 0.6 is 0 Å². The third-order valence-corrected chi connectivity index (χ3v) is 3.13. The third-order valence-electron chi connectivity index (χ3n) is 3.13. The molecule has 0 radical (unpaired) electrons. The minimum absolute atomic E-state index is 0.135. The molecule has 2 rings (SSSR count). The molecule has 1 aromatic rings. The molecule has 1 saturated carbocycles. The van der Waals surface area contributed by atoms with Gasteiger partial charge in [-0.3, -0.25) is 4.79 Å². The van der Waals surface area contributed by atoms with Gasteiger partial charge in [-0.25, -0.2) is 9.97 Å². The van der Waals surface area contributed by atoms with Crippen molar-refractivity contribution in [2.24, 2.45) is 5.92 Å². The Balaban J connectivity index is 1.89. The van der Waals surface area contributed by atoms with Crippen LogP contribution in [0.3, 0.4) is 0 Å². The van der Waals surface area contributed by atoms with Crippen molar-refractivity contribution in [3.05, 3.63) is 18.1 Å². The van der Waals surface area contributed by atoms with Gasteiger partial charge in [-0.15, -0.1) is 0 Å². The van der Waals surface area contributed by atoms with Crippen LogP contribution in [0.25, 0.3) is 0 Å². The fraction of sp³-hybridized carbons (Fsp3) is 0.615. The highest BCUT2D eigenvalue weighted by Crippen LogP contribution is 2.32. The van der Waals surface area contributed by atoms with Gasteiger partial charge in [-0.2, -0.15) is 0 Å². The molecule has 1 unspecified atom stereocenters. The molecule has 1 aromatic heterocycles. The zero-order valence-electron chi connectivity index (χ0n) is 10.9. The highest BCUT2D eigenvalue weighted by molar-refractivity contribution is 5.92. The number of hydrogen-bond acceptors (Lipinski definition) is 4. The fourth-order valence-corrected chi connectivity index (χ4v) is 1.78. The van der Waals surface area contributed by atoms with Gasteiger partial charge in [-0.1, -0.05) is 6.92 Å². The van der Waals surface area contributed by atoms with E-state index in [1.165, 1.54) is 19.0 Å². The Morgan fingerprint density at radius 1 is 1.44 bits per heavy atom. The summed E-state index contributed by atoms with van der Waals surface area (Å²) in [6.07, 6.45) is 6.59. The van der Waals surface area contributed by atoms with E-state index in [4.69, 9.17) is 0 Å². The van der Waals surface area contributed by atoms with Crippen molar-refractivity contribution in [3.8, 4) is 0 Å². The molecule has 1 fully saturated rings. The number of amides is 1. The number of anilines is 1. The third kappa shape index (κ3) is 3.42. The number of nitrogens with zero attached hydrogens (tertiary/aromatic N) is 2. The molecule has 0 aromatic carbocycles. The van der Waals surface area contributed by atoms with Gasteiger partial charge in [0.2, 0.25) is 0 Å². The van der Waals surface area contributed by atoms with E-state index in [-0.39, 0.29) is 11.9 Å². The van der Waals surface area contributed by atoms with Crippen molar-refractivity contribution in [1.82, 2.24) is 15.3 Å². The number of carbonyl (C=O) groups excluding carboxylic acids is 1. The van der Waals surface area contributed by atoms with Crippen molar-refractivity contribution in [1.29, 1.82) is 0 Å². The molecule has 5 heteroatoms. The van der Waals surface area contributed by atoms with Crippen LogP contribution in [0.5, 0.6) is 0 Å². The second-order valence-corrected chi connectivity index (χ2v) is 4.81. The quantitative estimate of drug-likeness (QED) is 0.806. The Kier molecular flexibility index (Phi) is 4.12. The Bertz CT molecular complexity index is 400. The number of hydrogen-bond donors (Lipinski definition) is 2. The lowest BCUT2D eigenvalue weighted by Gasteiger charge is -2.12. The molecule has 0 saturated heterocycles. The standard InChI is InChI=1S/C13H20N4O/c1-3-6-14-12-8-15-11(7-16-12)13(18)17-9(2)10-4-5-10/h7-10H,3-6H2,1-2H3,(H,14,16)(H,17,18). The van der Waals surface area contributed by atoms with Crippen molar-refractivity contribution in [2.75, 3.05) is 11.9 Å². The van der Waals surface area contributed by atoms with Crippen LogP contribution < -0.4 is 10.6 Å². The molecule has 1 heterocycles. The van der Waals surface area contributed by atoms with Crippen LogP contribution in [0.4, 0.5) is 5.82 Å². The van der Waals surface area contributed by atoms with Crippen molar-refractivity contribution < 1.29 is 4.79 Å². The summed E-state index contributed by atoms with van der Waals surface area (Å²) in [7, 11) is 0. The Morgan fingerprint density at radius 3 is 2.78 bits per heavy atom. The fourth-order valence-electron chi connectivity index (χ4n) is 1.78. The van der Waals surface area contributed by atoms with Crippen LogP contribution in [0.15, 0.2) is 12.4 Å². The number of aromatic nitrogens is 2. The first kappa shape index (κ1) is 12.8. The van der Waals surface area contributed by atoms with Crippen LogP contribution in [-0.2, 0) is 0 Å². The average molecular weight is 248 g/mol. The van der Waals surface area contributed by atoms with Gasteiger partial charge in [-0.05, 0) is 32.1 Å². The smallest absolute Gasteiger partial charge is 0.271 e. The molecule has 18 heavy (non-hydrogen) atoms. The van der Waals surface area contributed by atoms with E-state index in [1.807, 2.05) is 6.92 Å². The molecule has 1 atom stereocenters. The van der Waals surface area contributed by atoms with Gasteiger partial charge in [0.05, 0.1) is 12.4 Å². The maximum absolute atomic E-state index is 11.9. The van der Waals surface area contributed by atoms with Gasteiger partial charge in [0.1, 0.15) is 11.5 Å². The van der Waals surface area contributed by atoms with E-state index in [0.717, 1.165) is 13.0 Å². The first-order valence-electron chi connectivity index (χ1n) is 6.57. The topological polar surface area (TPSA) is 66.9 Å². The van der Waals surface area contributed by atoms with E-state index in [2.05, 4.69) is 27.5 Å². The van der Waals surface area contributed by atoms with E-state index < -0.39 is 0 Å². The minimum Gasteiger partial charge on any atom is -0.369 e. The van der Waals surface area contributed by atoms with Crippen LogP contribution in [0.2, 0.25) is 0 Å². The van der Waals surface area contributed by atoms with Gasteiger partial charge in [0.15, 0.2) is 0 Å². The van der Waals surface area contributed by atoms with Crippen LogP contribution in [0, 0.1) is 5.92 Å². The predicted octanol–water partition coefficient (Wildman–Crippen LogP) is 1.83. The van der Waals surface area contributed by atoms with E-state index >= 15 is 0 Å². The molecule has 0 bridgehead atoms. The lowest BCUT2D eigenvalue weighted by molar-refractivity contribution is 0.0930. The average Bonchev–Trinajstić information content (AvgIpc) is 3.21. The number of rotatable bonds is 6. The first-order chi connectivity index (χ1) is 8.70. The Labute approximate surface area is 107 Å². The van der Waals surface area contributed by atoms with Crippen molar-refractivity contribution >= 4 is 11.7 Å². The SMILES string of the molecule is CCCNc1cnc(C(=O)NC(C)C2CC2)cn1. The highest BCUT2D eigenvalue weighted by atomic mass is 16.1. The van der Waals surface area contributed by atoms with E-state index in [0.29, 0.717) is 17.4 Å². The van der Waals surface area contributed by atoms with E-state index in [9.17, 15) is 4.79 Å². The Morgan fingerprint density at radius 2 is 2.22 bits per heavy atom. The van der Waals surface area contributed by atoms with Gasteiger partial charge >= 0.3 is 0 Å². The van der Waals surface area contributed by atoms with Crippen molar-refractivity contribution in [2.45, 2.75) is 39.2 Å². The summed E-state index contributed by atoms with van der Waals surface area (Å²) < 4.78 is 0. The number of carbonyl (C=O) groups is 1. The van der Waals surface area contributed by atoms with Crippen LogP contribution in [-0.4, -0.2) is 28.5 Å². The summed E-state index contributed by atoms with van der Waals surface area (Å²) in [4.78, 5) is 20.2. The molecule has 0 spiro atoms.